The highest BCUT2D eigenvalue weighted by molar-refractivity contribution is 7.98. The van der Waals surface area contributed by atoms with Crippen molar-refractivity contribution >= 4 is 35.6 Å². The van der Waals surface area contributed by atoms with Crippen LogP contribution in [0.25, 0.3) is 0 Å². The van der Waals surface area contributed by atoms with Crippen molar-refractivity contribution < 1.29 is 28.7 Å². The van der Waals surface area contributed by atoms with Gasteiger partial charge in [-0.3, -0.25) is 9.59 Å². The number of carbonyl (C=O) groups is 4. The van der Waals surface area contributed by atoms with Crippen molar-refractivity contribution in [3.05, 3.63) is 35.9 Å². The highest BCUT2D eigenvalue weighted by Gasteiger charge is 2.29. The van der Waals surface area contributed by atoms with Gasteiger partial charge in [-0.1, -0.05) is 30.3 Å². The largest absolute Gasteiger partial charge is 0.467 e. The lowest BCUT2D eigenvalue weighted by atomic mass is 10.0. The first-order valence-corrected chi connectivity index (χ1v) is 12.1. The number of alkyl carbamates (subject to hydrolysis) is 1. The van der Waals surface area contributed by atoms with Gasteiger partial charge in [0.2, 0.25) is 11.8 Å². The van der Waals surface area contributed by atoms with Gasteiger partial charge in [0.25, 0.3) is 0 Å². The zero-order valence-electron chi connectivity index (χ0n) is 20.1. The number of thioether (sulfide) groups is 1. The van der Waals surface area contributed by atoms with E-state index in [9.17, 15) is 19.2 Å². The Kier molecular flexibility index (Phi) is 11.8. The van der Waals surface area contributed by atoms with Crippen LogP contribution in [-0.4, -0.2) is 66.7 Å². The highest BCUT2D eigenvalue weighted by atomic mass is 32.2. The summed E-state index contributed by atoms with van der Waals surface area (Å²) in [4.78, 5) is 49.9. The van der Waals surface area contributed by atoms with E-state index in [1.165, 1.54) is 25.8 Å². The van der Waals surface area contributed by atoms with Crippen LogP contribution in [0.1, 0.15) is 39.7 Å². The predicted octanol–water partition coefficient (Wildman–Crippen LogP) is 2.04. The molecule has 1 rings (SSSR count). The van der Waals surface area contributed by atoms with Gasteiger partial charge in [0, 0.05) is 6.42 Å². The second-order valence-corrected chi connectivity index (χ2v) is 9.47. The lowest BCUT2D eigenvalue weighted by Crippen LogP contribution is -2.56. The van der Waals surface area contributed by atoms with Crippen molar-refractivity contribution in [2.45, 2.75) is 64.3 Å². The molecule has 0 saturated heterocycles. The lowest BCUT2D eigenvalue weighted by molar-refractivity contribution is -0.144. The SMILES string of the molecule is COC(=O)[C@H](C)NC(=O)[C@@H](CCSC)NC(=O)[C@@H](Cc1ccccc1)NC(=O)OC(C)(C)C. The molecular formula is C23H35N3O6S. The van der Waals surface area contributed by atoms with Gasteiger partial charge in [0.1, 0.15) is 23.7 Å². The molecule has 0 aliphatic carbocycles. The van der Waals surface area contributed by atoms with E-state index >= 15 is 0 Å². The first kappa shape index (κ1) is 28.3. The molecule has 10 heteroatoms. The van der Waals surface area contributed by atoms with Gasteiger partial charge in [-0.15, -0.1) is 0 Å². The fourth-order valence-corrected chi connectivity index (χ4v) is 3.31. The second kappa shape index (κ2) is 13.7. The van der Waals surface area contributed by atoms with Gasteiger partial charge in [0.05, 0.1) is 7.11 Å². The van der Waals surface area contributed by atoms with E-state index < -0.39 is 47.6 Å². The van der Waals surface area contributed by atoms with Crippen LogP contribution < -0.4 is 16.0 Å². The average molecular weight is 482 g/mol. The van der Waals surface area contributed by atoms with Crippen molar-refractivity contribution in [3.63, 3.8) is 0 Å². The van der Waals surface area contributed by atoms with Crippen LogP contribution >= 0.6 is 11.8 Å². The average Bonchev–Trinajstić information content (AvgIpc) is 2.74. The Morgan fingerprint density at radius 3 is 2.12 bits per heavy atom. The number of benzene rings is 1. The Labute approximate surface area is 199 Å². The van der Waals surface area contributed by atoms with E-state index in [0.29, 0.717) is 12.2 Å². The van der Waals surface area contributed by atoms with Crippen LogP contribution in [0.3, 0.4) is 0 Å². The maximum Gasteiger partial charge on any atom is 0.408 e. The molecular weight excluding hydrogens is 446 g/mol. The van der Waals surface area contributed by atoms with E-state index in [0.717, 1.165) is 5.56 Å². The van der Waals surface area contributed by atoms with E-state index in [2.05, 4.69) is 20.7 Å². The van der Waals surface area contributed by atoms with Gasteiger partial charge >= 0.3 is 12.1 Å². The maximum absolute atomic E-state index is 13.1. The molecule has 184 valence electrons. The third-order valence-corrected chi connectivity index (χ3v) is 5.09. The minimum absolute atomic E-state index is 0.210. The molecule has 9 nitrogen and oxygen atoms in total. The van der Waals surface area contributed by atoms with Gasteiger partial charge < -0.3 is 25.4 Å². The standard InChI is InChI=1S/C23H35N3O6S/c1-15(21(29)31-5)24-19(27)17(12-13-33-6)25-20(28)18(14-16-10-8-7-9-11-16)26-22(30)32-23(2,3)4/h7-11,15,17-18H,12-14H2,1-6H3,(H,24,27)(H,25,28)(H,26,30)/t15-,17+,18+/m0/s1. The summed E-state index contributed by atoms with van der Waals surface area (Å²) < 4.78 is 9.94. The molecule has 0 aromatic heterocycles. The number of rotatable bonds is 11. The number of esters is 1. The summed E-state index contributed by atoms with van der Waals surface area (Å²) in [6.45, 7) is 6.68. The zero-order chi connectivity index (χ0) is 25.0. The first-order chi connectivity index (χ1) is 15.5. The molecule has 0 unspecified atom stereocenters. The van der Waals surface area contributed by atoms with E-state index in [1.807, 2.05) is 36.6 Å². The number of hydrogen-bond acceptors (Lipinski definition) is 7. The minimum Gasteiger partial charge on any atom is -0.467 e. The summed E-state index contributed by atoms with van der Waals surface area (Å²) in [6, 6.07) is 6.48. The molecule has 0 saturated carbocycles. The molecule has 33 heavy (non-hydrogen) atoms. The Bertz CT molecular complexity index is 797. The molecule has 3 amide bonds. The Hall–Kier alpha value is -2.75. The smallest absolute Gasteiger partial charge is 0.408 e. The third-order valence-electron chi connectivity index (χ3n) is 4.45. The molecule has 0 spiro atoms. The van der Waals surface area contributed by atoms with Gasteiger partial charge in [-0.25, -0.2) is 9.59 Å². The van der Waals surface area contributed by atoms with Crippen LogP contribution in [0, 0.1) is 0 Å². The van der Waals surface area contributed by atoms with Gasteiger partial charge in [0.15, 0.2) is 0 Å². The number of hydrogen-bond donors (Lipinski definition) is 3. The normalized spacial score (nSPS) is 13.8. The number of nitrogens with one attached hydrogen (secondary N) is 3. The molecule has 0 heterocycles. The summed E-state index contributed by atoms with van der Waals surface area (Å²) in [7, 11) is 1.23. The molecule has 3 atom stereocenters. The Morgan fingerprint density at radius 1 is 0.970 bits per heavy atom. The van der Waals surface area contributed by atoms with Crippen molar-refractivity contribution in [1.29, 1.82) is 0 Å². The van der Waals surface area contributed by atoms with E-state index in [-0.39, 0.29) is 6.42 Å². The fourth-order valence-electron chi connectivity index (χ4n) is 2.84. The van der Waals surface area contributed by atoms with E-state index in [1.54, 1.807) is 20.8 Å². The number of methoxy groups -OCH3 is 1. The van der Waals surface area contributed by atoms with Gasteiger partial charge in [-0.05, 0) is 51.7 Å². The lowest BCUT2D eigenvalue weighted by Gasteiger charge is -2.25. The summed E-state index contributed by atoms with van der Waals surface area (Å²) in [6.07, 6.45) is 1.71. The number of carbonyl (C=O) groups excluding carboxylic acids is 4. The minimum atomic E-state index is -0.968. The van der Waals surface area contributed by atoms with Crippen molar-refractivity contribution in [1.82, 2.24) is 16.0 Å². The number of amides is 3. The predicted molar refractivity (Wildman–Crippen MR) is 128 cm³/mol. The van der Waals surface area contributed by atoms with Crippen LogP contribution in [0.4, 0.5) is 4.79 Å². The van der Waals surface area contributed by atoms with Crippen molar-refractivity contribution in [2.75, 3.05) is 19.1 Å². The fraction of sp³-hybridized carbons (Fsp3) is 0.565. The molecule has 0 aliphatic heterocycles. The summed E-state index contributed by atoms with van der Waals surface area (Å²) >= 11 is 1.52. The second-order valence-electron chi connectivity index (χ2n) is 8.48. The molecule has 0 fully saturated rings. The molecule has 1 aromatic carbocycles. The molecule has 0 radical (unpaired) electrons. The van der Waals surface area contributed by atoms with Crippen LogP contribution in [0.15, 0.2) is 30.3 Å². The number of ether oxygens (including phenoxy) is 2. The van der Waals surface area contributed by atoms with Crippen LogP contribution in [0.5, 0.6) is 0 Å². The molecule has 3 N–H and O–H groups in total. The molecule has 0 bridgehead atoms. The van der Waals surface area contributed by atoms with Crippen molar-refractivity contribution in [3.8, 4) is 0 Å². The quantitative estimate of drug-likeness (QED) is 0.413. The monoisotopic (exact) mass is 481 g/mol. The zero-order valence-corrected chi connectivity index (χ0v) is 20.9. The molecule has 0 aliphatic rings. The summed E-state index contributed by atoms with van der Waals surface area (Å²) in [5.74, 6) is -1.03. The van der Waals surface area contributed by atoms with Crippen LogP contribution in [-0.2, 0) is 30.3 Å². The van der Waals surface area contributed by atoms with Gasteiger partial charge in [-0.2, -0.15) is 11.8 Å². The summed E-state index contributed by atoms with van der Waals surface area (Å²) in [5.41, 5.74) is 0.0981. The Morgan fingerprint density at radius 2 is 1.58 bits per heavy atom. The topological polar surface area (TPSA) is 123 Å². The summed E-state index contributed by atoms with van der Waals surface area (Å²) in [5, 5.41) is 7.88. The van der Waals surface area contributed by atoms with Crippen LogP contribution in [0.2, 0.25) is 0 Å². The van der Waals surface area contributed by atoms with E-state index in [4.69, 9.17) is 4.74 Å². The maximum atomic E-state index is 13.1. The van der Waals surface area contributed by atoms with Crippen molar-refractivity contribution in [2.24, 2.45) is 0 Å². The highest BCUT2D eigenvalue weighted by Crippen LogP contribution is 2.10. The first-order valence-electron chi connectivity index (χ1n) is 10.7. The molecule has 1 aromatic rings. The Balaban J connectivity index is 3.00. The third kappa shape index (κ3) is 11.1.